The van der Waals surface area contributed by atoms with Crippen LogP contribution >= 0.6 is 0 Å². The molecule has 0 amide bonds. The summed E-state index contributed by atoms with van der Waals surface area (Å²) in [4.78, 5) is 5.26. The smallest absolute Gasteiger partial charge is 0.0518 e. The first-order chi connectivity index (χ1) is 29.5. The summed E-state index contributed by atoms with van der Waals surface area (Å²) in [6, 6.07) is 60.5. The van der Waals surface area contributed by atoms with Crippen LogP contribution in [0.15, 0.2) is 158 Å². The molecule has 5 aliphatic rings. The summed E-state index contributed by atoms with van der Waals surface area (Å²) in [7, 11) is 0. The lowest BCUT2D eigenvalue weighted by atomic mass is 9.55. The lowest BCUT2D eigenvalue weighted by Crippen LogP contribution is -2.60. The molecule has 4 unspecified atom stereocenters. The Morgan fingerprint density at radius 1 is 0.377 bits per heavy atom. The Balaban J connectivity index is 0.922. The molecule has 3 aliphatic carbocycles. The Kier molecular flexibility index (Phi) is 6.78. The molecule has 0 aromatic heterocycles. The van der Waals surface area contributed by atoms with Crippen LogP contribution in [0, 0.1) is 0 Å². The molecule has 0 N–H and O–H groups in total. The third kappa shape index (κ3) is 4.24. The Morgan fingerprint density at radius 3 is 1.36 bits per heavy atom. The average molecular weight is 789 g/mol. The number of hydrogen-bond acceptors (Lipinski definition) is 2. The summed E-state index contributed by atoms with van der Waals surface area (Å²) >= 11 is 0. The van der Waals surface area contributed by atoms with Crippen LogP contribution in [0.3, 0.4) is 0 Å². The molecular formula is C59H52N2. The van der Waals surface area contributed by atoms with Gasteiger partial charge in [-0.25, -0.2) is 0 Å². The Bertz CT molecular complexity index is 3200. The van der Waals surface area contributed by atoms with Gasteiger partial charge in [-0.15, -0.1) is 0 Å². The SMILES string of the molecule is CC1(C)c2cc(-c3ccc4c(c3)C3(C)CCC3(C)N4c3ccccc3)ccc2-c2c1c1ccc(-c3ccc4c(c3)C3(C)CCC3(C)N4c3ccccc3)cc1c1ccccc21. The van der Waals surface area contributed by atoms with Crippen molar-refractivity contribution >= 4 is 44.3 Å². The molecule has 0 radical (unpaired) electrons. The van der Waals surface area contributed by atoms with E-state index in [9.17, 15) is 0 Å². The molecule has 13 rings (SSSR count). The molecular weight excluding hydrogens is 737 g/mol. The van der Waals surface area contributed by atoms with Crippen LogP contribution in [0.2, 0.25) is 0 Å². The third-order valence-corrected chi connectivity index (χ3v) is 17.6. The number of hydrogen-bond donors (Lipinski definition) is 0. The molecule has 2 heterocycles. The summed E-state index contributed by atoms with van der Waals surface area (Å²) in [6.45, 7) is 14.9. The summed E-state index contributed by atoms with van der Waals surface area (Å²) in [5.41, 5.74) is 19.4. The molecule has 298 valence electrons. The third-order valence-electron chi connectivity index (χ3n) is 17.6. The first-order valence-electron chi connectivity index (χ1n) is 22.6. The maximum atomic E-state index is 2.63. The lowest BCUT2D eigenvalue weighted by Gasteiger charge is -2.56. The normalized spacial score (nSPS) is 25.9. The van der Waals surface area contributed by atoms with Gasteiger partial charge in [-0.3, -0.25) is 0 Å². The minimum absolute atomic E-state index is 0.0795. The maximum Gasteiger partial charge on any atom is 0.0518 e. The monoisotopic (exact) mass is 788 g/mol. The molecule has 2 nitrogen and oxygen atoms in total. The molecule has 61 heavy (non-hydrogen) atoms. The molecule has 2 saturated carbocycles. The molecule has 2 aliphatic heterocycles. The van der Waals surface area contributed by atoms with Crippen molar-refractivity contribution in [1.29, 1.82) is 0 Å². The van der Waals surface area contributed by atoms with Crippen LogP contribution < -0.4 is 9.80 Å². The second kappa shape index (κ2) is 11.6. The highest BCUT2D eigenvalue weighted by atomic mass is 15.3. The van der Waals surface area contributed by atoms with E-state index in [1.54, 1.807) is 0 Å². The van der Waals surface area contributed by atoms with Gasteiger partial charge in [0.15, 0.2) is 0 Å². The van der Waals surface area contributed by atoms with E-state index in [2.05, 4.69) is 209 Å². The van der Waals surface area contributed by atoms with E-state index in [-0.39, 0.29) is 27.3 Å². The van der Waals surface area contributed by atoms with E-state index in [0.717, 1.165) is 0 Å². The predicted molar refractivity (Wildman–Crippen MR) is 257 cm³/mol. The second-order valence-electron chi connectivity index (χ2n) is 20.5. The molecule has 8 aromatic carbocycles. The van der Waals surface area contributed by atoms with Crippen molar-refractivity contribution in [2.45, 2.75) is 94.5 Å². The highest BCUT2D eigenvalue weighted by Crippen LogP contribution is 2.67. The van der Waals surface area contributed by atoms with Crippen LogP contribution in [-0.2, 0) is 16.2 Å². The van der Waals surface area contributed by atoms with Crippen molar-refractivity contribution in [1.82, 2.24) is 0 Å². The first-order valence-corrected chi connectivity index (χ1v) is 22.6. The topological polar surface area (TPSA) is 6.48 Å². The molecule has 4 atom stereocenters. The average Bonchev–Trinajstić information content (AvgIpc) is 3.66. The van der Waals surface area contributed by atoms with Crippen LogP contribution in [0.1, 0.15) is 89.5 Å². The maximum absolute atomic E-state index is 2.63. The summed E-state index contributed by atoms with van der Waals surface area (Å²) in [6.07, 6.45) is 4.84. The number of fused-ring (bicyclic) bond motifs is 14. The van der Waals surface area contributed by atoms with Gasteiger partial charge in [-0.05, 0) is 177 Å². The minimum atomic E-state index is -0.179. The summed E-state index contributed by atoms with van der Waals surface area (Å²) < 4.78 is 0. The van der Waals surface area contributed by atoms with Crippen LogP contribution in [0.5, 0.6) is 0 Å². The number of nitrogens with zero attached hydrogens (tertiary/aromatic N) is 2. The quantitative estimate of drug-likeness (QED) is 0.164. The van der Waals surface area contributed by atoms with Gasteiger partial charge in [0.05, 0.1) is 11.1 Å². The first kappa shape index (κ1) is 35.6. The molecule has 2 fully saturated rings. The number of rotatable bonds is 4. The van der Waals surface area contributed by atoms with Crippen molar-refractivity contribution in [2.75, 3.05) is 9.80 Å². The van der Waals surface area contributed by atoms with Gasteiger partial charge in [-0.1, -0.05) is 125 Å². The number of anilines is 4. The van der Waals surface area contributed by atoms with Gasteiger partial charge in [0.2, 0.25) is 0 Å². The van der Waals surface area contributed by atoms with Crippen LogP contribution in [0.25, 0.3) is 54.9 Å². The van der Waals surface area contributed by atoms with Crippen molar-refractivity contribution in [3.63, 3.8) is 0 Å². The zero-order valence-electron chi connectivity index (χ0n) is 36.2. The molecule has 0 saturated heterocycles. The predicted octanol–water partition coefficient (Wildman–Crippen LogP) is 15.6. The van der Waals surface area contributed by atoms with E-state index in [0.29, 0.717) is 0 Å². The second-order valence-corrected chi connectivity index (χ2v) is 20.5. The van der Waals surface area contributed by atoms with Crippen molar-refractivity contribution in [3.8, 4) is 33.4 Å². The molecule has 2 heteroatoms. The van der Waals surface area contributed by atoms with Crippen molar-refractivity contribution < 1.29 is 0 Å². The van der Waals surface area contributed by atoms with Gasteiger partial charge in [0, 0.05) is 39.0 Å². The molecule has 0 spiro atoms. The van der Waals surface area contributed by atoms with Gasteiger partial charge < -0.3 is 9.80 Å². The van der Waals surface area contributed by atoms with Crippen molar-refractivity contribution in [2.24, 2.45) is 0 Å². The summed E-state index contributed by atoms with van der Waals surface area (Å²) in [5.74, 6) is 0. The highest BCUT2D eigenvalue weighted by Gasteiger charge is 2.64. The lowest BCUT2D eigenvalue weighted by molar-refractivity contribution is 0.133. The van der Waals surface area contributed by atoms with Gasteiger partial charge in [-0.2, -0.15) is 0 Å². The number of para-hydroxylation sites is 2. The van der Waals surface area contributed by atoms with E-state index in [1.807, 2.05) is 0 Å². The van der Waals surface area contributed by atoms with Gasteiger partial charge in [0.1, 0.15) is 0 Å². The standard InChI is InChI=1S/C59H52N2/c1-55(2)48-34-38(40-24-28-52-50(36-40)57(4)30-32-59(57,6)61(52)42-17-11-8-12-18-42)22-26-46(48)53-44-20-14-13-19-43(44)47-33-37(21-25-45(47)54(53)55)39-23-27-51-49(35-39)56(3)29-31-58(56,5)60(51)41-15-9-7-10-16-41/h7-28,33-36H,29-32H2,1-6H3. The van der Waals surface area contributed by atoms with Crippen LogP contribution in [0.4, 0.5) is 22.7 Å². The largest absolute Gasteiger partial charge is 0.334 e. The Morgan fingerprint density at radius 2 is 0.836 bits per heavy atom. The fraction of sp³-hybridized carbons (Fsp3) is 0.254. The van der Waals surface area contributed by atoms with E-state index in [4.69, 9.17) is 0 Å². The number of benzene rings is 8. The van der Waals surface area contributed by atoms with Gasteiger partial charge in [0.25, 0.3) is 0 Å². The van der Waals surface area contributed by atoms with Crippen LogP contribution in [-0.4, -0.2) is 11.1 Å². The highest BCUT2D eigenvalue weighted by molar-refractivity contribution is 6.19. The van der Waals surface area contributed by atoms with E-state index in [1.165, 1.54) is 126 Å². The van der Waals surface area contributed by atoms with E-state index >= 15 is 0 Å². The summed E-state index contributed by atoms with van der Waals surface area (Å²) in [5, 5.41) is 5.39. The Labute approximate surface area is 360 Å². The van der Waals surface area contributed by atoms with Gasteiger partial charge >= 0.3 is 0 Å². The fourth-order valence-corrected chi connectivity index (χ4v) is 13.4. The zero-order chi connectivity index (χ0) is 41.3. The minimum Gasteiger partial charge on any atom is -0.334 e. The molecule has 0 bridgehead atoms. The van der Waals surface area contributed by atoms with E-state index < -0.39 is 0 Å². The zero-order valence-corrected chi connectivity index (χ0v) is 36.2. The van der Waals surface area contributed by atoms with Crippen molar-refractivity contribution in [3.05, 3.63) is 180 Å². The molecule has 8 aromatic rings. The fourth-order valence-electron chi connectivity index (χ4n) is 13.4. The Hall–Kier alpha value is -6.12.